The summed E-state index contributed by atoms with van der Waals surface area (Å²) in [5.74, 6) is 2.97. The van der Waals surface area contributed by atoms with E-state index in [1.807, 2.05) is 11.8 Å². The number of unbranched alkanes of at least 4 members (excludes halogenated alkanes) is 1. The number of aliphatic imine (C=N–C) groups is 1. The summed E-state index contributed by atoms with van der Waals surface area (Å²) in [4.78, 5) is 4.82. The highest BCUT2D eigenvalue weighted by Crippen LogP contribution is 2.60. The van der Waals surface area contributed by atoms with Crippen molar-refractivity contribution in [3.8, 4) is 0 Å². The Morgan fingerprint density at radius 1 is 1.29 bits per heavy atom. The lowest BCUT2D eigenvalue weighted by Gasteiger charge is -2.57. The number of hydrogen-bond acceptors (Lipinski definition) is 3. The molecule has 3 aliphatic rings. The molecule has 2 aliphatic carbocycles. The summed E-state index contributed by atoms with van der Waals surface area (Å²) in [5, 5.41) is 7.25. The third-order valence-corrected chi connectivity index (χ3v) is 6.65. The van der Waals surface area contributed by atoms with Gasteiger partial charge in [0.2, 0.25) is 0 Å². The zero-order valence-electron chi connectivity index (χ0n) is 15.2. The van der Waals surface area contributed by atoms with E-state index < -0.39 is 0 Å². The van der Waals surface area contributed by atoms with Crippen molar-refractivity contribution >= 4 is 41.7 Å². The number of nitrogens with zero attached hydrogens (tertiary/aromatic N) is 1. The fourth-order valence-corrected chi connectivity index (χ4v) is 5.41. The van der Waals surface area contributed by atoms with Crippen molar-refractivity contribution in [3.05, 3.63) is 0 Å². The molecule has 0 aromatic carbocycles. The second-order valence-electron chi connectivity index (χ2n) is 7.27. The van der Waals surface area contributed by atoms with Crippen LogP contribution in [0.4, 0.5) is 0 Å². The van der Waals surface area contributed by atoms with Gasteiger partial charge >= 0.3 is 0 Å². The zero-order valence-corrected chi connectivity index (χ0v) is 18.3. The van der Waals surface area contributed by atoms with Crippen molar-refractivity contribution in [1.82, 2.24) is 10.6 Å². The Bertz CT molecular complexity index is 415. The van der Waals surface area contributed by atoms with Gasteiger partial charge in [0.05, 0.1) is 6.10 Å². The highest BCUT2D eigenvalue weighted by Gasteiger charge is 2.65. The van der Waals surface area contributed by atoms with E-state index >= 15 is 0 Å². The molecular formula is C18H34IN3OS. The number of thioether (sulfide) groups is 1. The lowest BCUT2D eigenvalue weighted by molar-refractivity contribution is -0.125. The van der Waals surface area contributed by atoms with Crippen molar-refractivity contribution in [3.63, 3.8) is 0 Å². The summed E-state index contributed by atoms with van der Waals surface area (Å²) in [6, 6.07) is 0.571. The van der Waals surface area contributed by atoms with Crippen LogP contribution in [-0.2, 0) is 4.74 Å². The summed E-state index contributed by atoms with van der Waals surface area (Å²) >= 11 is 1.92. The van der Waals surface area contributed by atoms with Crippen molar-refractivity contribution in [1.29, 1.82) is 0 Å². The second-order valence-corrected chi connectivity index (χ2v) is 8.25. The smallest absolute Gasteiger partial charge is 0.191 e. The Morgan fingerprint density at radius 2 is 2.08 bits per heavy atom. The number of ether oxygens (including phenoxy) is 1. The van der Waals surface area contributed by atoms with E-state index in [2.05, 4.69) is 23.8 Å². The molecule has 0 bridgehead atoms. The molecule has 24 heavy (non-hydrogen) atoms. The molecule has 3 rings (SSSR count). The first-order valence-corrected chi connectivity index (χ1v) is 10.9. The third-order valence-electron chi connectivity index (χ3n) is 5.95. The van der Waals surface area contributed by atoms with E-state index in [1.165, 1.54) is 50.7 Å². The molecule has 1 heterocycles. The van der Waals surface area contributed by atoms with E-state index in [-0.39, 0.29) is 24.0 Å². The van der Waals surface area contributed by atoms with Crippen LogP contribution in [0.2, 0.25) is 0 Å². The number of rotatable bonds is 7. The molecule has 140 valence electrons. The molecule has 2 saturated carbocycles. The maximum Gasteiger partial charge on any atom is 0.191 e. The van der Waals surface area contributed by atoms with Gasteiger partial charge in [-0.1, -0.05) is 12.8 Å². The predicted octanol–water partition coefficient (Wildman–Crippen LogP) is 3.65. The lowest BCUT2D eigenvalue weighted by Crippen LogP contribution is -2.69. The fraction of sp³-hybridized carbons (Fsp3) is 0.944. The standard InChI is InChI=1S/C18H33N3OS.HI/c1-3-19-17(20-11-6-7-13-23-2)21-15-14-8-12-22-16(14)18(15)9-4-5-10-18;/h14-16H,3-13H2,1-2H3,(H2,19,20,21);1H. The van der Waals surface area contributed by atoms with Gasteiger partial charge in [0, 0.05) is 37.1 Å². The predicted molar refractivity (Wildman–Crippen MR) is 115 cm³/mol. The van der Waals surface area contributed by atoms with Gasteiger partial charge in [-0.05, 0) is 51.0 Å². The average Bonchev–Trinajstić information content (AvgIpc) is 3.20. The van der Waals surface area contributed by atoms with E-state index in [1.54, 1.807) is 0 Å². The highest BCUT2D eigenvalue weighted by atomic mass is 127. The lowest BCUT2D eigenvalue weighted by atomic mass is 9.54. The summed E-state index contributed by atoms with van der Waals surface area (Å²) in [6.07, 6.45) is 11.8. The number of guanidine groups is 1. The van der Waals surface area contributed by atoms with Gasteiger partial charge in [-0.15, -0.1) is 24.0 Å². The Balaban J connectivity index is 0.00000208. The monoisotopic (exact) mass is 467 g/mol. The Labute approximate surface area is 168 Å². The van der Waals surface area contributed by atoms with Crippen LogP contribution in [0.3, 0.4) is 0 Å². The first kappa shape index (κ1) is 20.6. The molecule has 3 atom stereocenters. The summed E-state index contributed by atoms with van der Waals surface area (Å²) < 4.78 is 6.08. The van der Waals surface area contributed by atoms with Crippen LogP contribution in [0.1, 0.15) is 51.9 Å². The molecule has 2 N–H and O–H groups in total. The maximum absolute atomic E-state index is 6.08. The number of nitrogens with one attached hydrogen (secondary N) is 2. The van der Waals surface area contributed by atoms with Crippen LogP contribution in [0.15, 0.2) is 4.99 Å². The molecule has 0 amide bonds. The minimum absolute atomic E-state index is 0. The molecule has 6 heteroatoms. The quantitative estimate of drug-likeness (QED) is 0.260. The number of fused-ring (bicyclic) bond motifs is 2. The SMILES string of the molecule is CCNC(=NCCCCSC)NC1C2CCOC2C12CCCC2.I. The van der Waals surface area contributed by atoms with Gasteiger partial charge in [0.1, 0.15) is 0 Å². The van der Waals surface area contributed by atoms with Crippen molar-refractivity contribution in [2.45, 2.75) is 64.0 Å². The summed E-state index contributed by atoms with van der Waals surface area (Å²) in [5.41, 5.74) is 0.399. The molecule has 1 saturated heterocycles. The van der Waals surface area contributed by atoms with Crippen LogP contribution < -0.4 is 10.6 Å². The van der Waals surface area contributed by atoms with Gasteiger partial charge in [-0.2, -0.15) is 11.8 Å². The van der Waals surface area contributed by atoms with Crippen LogP contribution in [0, 0.1) is 11.3 Å². The van der Waals surface area contributed by atoms with E-state index in [0.29, 0.717) is 23.5 Å². The largest absolute Gasteiger partial charge is 0.377 e. The van der Waals surface area contributed by atoms with Gasteiger partial charge in [-0.25, -0.2) is 0 Å². The molecule has 0 aromatic heterocycles. The van der Waals surface area contributed by atoms with Gasteiger partial charge in [-0.3, -0.25) is 4.99 Å². The molecule has 0 aromatic rings. The fourth-order valence-electron chi connectivity index (χ4n) is 4.92. The summed E-state index contributed by atoms with van der Waals surface area (Å²) in [6.45, 7) is 4.97. The molecule has 0 radical (unpaired) electrons. The normalized spacial score (nSPS) is 30.6. The minimum Gasteiger partial charge on any atom is -0.377 e. The topological polar surface area (TPSA) is 45.7 Å². The van der Waals surface area contributed by atoms with E-state index in [0.717, 1.165) is 25.7 Å². The van der Waals surface area contributed by atoms with Crippen LogP contribution in [-0.4, -0.2) is 49.8 Å². The molecule has 1 spiro atoms. The molecule has 3 unspecified atom stereocenters. The van der Waals surface area contributed by atoms with Crippen LogP contribution in [0.5, 0.6) is 0 Å². The average molecular weight is 467 g/mol. The summed E-state index contributed by atoms with van der Waals surface area (Å²) in [7, 11) is 0. The van der Waals surface area contributed by atoms with Crippen LogP contribution in [0.25, 0.3) is 0 Å². The van der Waals surface area contributed by atoms with Gasteiger partial charge in [0.15, 0.2) is 5.96 Å². The van der Waals surface area contributed by atoms with Gasteiger partial charge in [0.25, 0.3) is 0 Å². The Kier molecular flexibility index (Phi) is 8.47. The molecular weight excluding hydrogens is 433 g/mol. The van der Waals surface area contributed by atoms with Crippen molar-refractivity contribution in [2.24, 2.45) is 16.3 Å². The first-order chi connectivity index (χ1) is 11.3. The third kappa shape index (κ3) is 4.17. The number of halogens is 1. The van der Waals surface area contributed by atoms with Crippen molar-refractivity contribution < 1.29 is 4.74 Å². The minimum atomic E-state index is 0. The molecule has 3 fully saturated rings. The maximum atomic E-state index is 6.08. The highest BCUT2D eigenvalue weighted by molar-refractivity contribution is 14.0. The Hall–Kier alpha value is 0.310. The van der Waals surface area contributed by atoms with E-state index in [4.69, 9.17) is 9.73 Å². The van der Waals surface area contributed by atoms with E-state index in [9.17, 15) is 0 Å². The molecule has 1 aliphatic heterocycles. The zero-order chi connectivity index (χ0) is 16.1. The van der Waals surface area contributed by atoms with Gasteiger partial charge < -0.3 is 15.4 Å². The number of hydrogen-bond donors (Lipinski definition) is 2. The van der Waals surface area contributed by atoms with Crippen molar-refractivity contribution in [2.75, 3.05) is 31.7 Å². The Morgan fingerprint density at radius 3 is 2.79 bits per heavy atom. The first-order valence-electron chi connectivity index (χ1n) is 9.47. The second kappa shape index (κ2) is 9.86. The van der Waals surface area contributed by atoms with Crippen LogP contribution >= 0.6 is 35.7 Å². The molecule has 4 nitrogen and oxygen atoms in total.